The predicted molar refractivity (Wildman–Crippen MR) is 112 cm³/mol. The zero-order chi connectivity index (χ0) is 19.8. The van der Waals surface area contributed by atoms with Crippen LogP contribution in [-0.2, 0) is 11.2 Å². The smallest absolute Gasteiger partial charge is 0.315 e. The van der Waals surface area contributed by atoms with Crippen molar-refractivity contribution in [2.45, 2.75) is 68.7 Å². The number of thioether (sulfide) groups is 1. The van der Waals surface area contributed by atoms with Crippen molar-refractivity contribution < 1.29 is 9.59 Å². The Morgan fingerprint density at radius 2 is 2.00 bits per heavy atom. The Kier molecular flexibility index (Phi) is 7.61. The highest BCUT2D eigenvalue weighted by molar-refractivity contribution is 8.00. The molecule has 0 aromatic heterocycles. The molecule has 150 valence electrons. The molecule has 7 heteroatoms. The lowest BCUT2D eigenvalue weighted by molar-refractivity contribution is -0.116. The minimum Gasteiger partial charge on any atom is -0.332 e. The van der Waals surface area contributed by atoms with Crippen LogP contribution < -0.4 is 16.0 Å². The van der Waals surface area contributed by atoms with Gasteiger partial charge in [-0.25, -0.2) is 4.79 Å². The molecule has 0 bridgehead atoms. The summed E-state index contributed by atoms with van der Waals surface area (Å²) in [7, 11) is 0. The van der Waals surface area contributed by atoms with E-state index in [0.29, 0.717) is 18.1 Å². The molecule has 3 atom stereocenters. The molecule has 3 N–H and O–H groups in total. The average Bonchev–Trinajstić information content (AvgIpc) is 3.23. The van der Waals surface area contributed by atoms with Crippen molar-refractivity contribution in [1.82, 2.24) is 10.6 Å². The Bertz CT molecular complexity index is 716. The summed E-state index contributed by atoms with van der Waals surface area (Å²) in [5.74, 6) is 1.03. The monoisotopic (exact) mass is 400 g/mol. The molecule has 2 aliphatic heterocycles. The molecular formula is C21H28N4O2S. The second-order valence-corrected chi connectivity index (χ2v) is 8.75. The van der Waals surface area contributed by atoms with E-state index in [1.54, 1.807) is 0 Å². The van der Waals surface area contributed by atoms with Crippen LogP contribution in [-0.4, -0.2) is 35.0 Å². The summed E-state index contributed by atoms with van der Waals surface area (Å²) in [5.41, 5.74) is 2.07. The van der Waals surface area contributed by atoms with Crippen molar-refractivity contribution in [2.24, 2.45) is 0 Å². The fraction of sp³-hybridized carbons (Fsp3) is 0.571. The number of amides is 3. The fourth-order valence-electron chi connectivity index (χ4n) is 3.79. The van der Waals surface area contributed by atoms with E-state index in [2.05, 4.69) is 22.0 Å². The number of aryl methyl sites for hydroxylation is 1. The Labute approximate surface area is 170 Å². The number of nitrogens with one attached hydrogen (secondary N) is 3. The van der Waals surface area contributed by atoms with Gasteiger partial charge in [0, 0.05) is 29.5 Å². The molecule has 0 spiro atoms. The number of rotatable bonds is 10. The molecule has 28 heavy (non-hydrogen) atoms. The number of unbranched alkanes of at least 4 members (excludes halogenated alkanes) is 3. The molecule has 1 aromatic rings. The Morgan fingerprint density at radius 1 is 1.18 bits per heavy atom. The van der Waals surface area contributed by atoms with Gasteiger partial charge in [-0.3, -0.25) is 4.79 Å². The van der Waals surface area contributed by atoms with E-state index in [-0.39, 0.29) is 24.0 Å². The molecule has 2 saturated heterocycles. The van der Waals surface area contributed by atoms with E-state index in [0.717, 1.165) is 50.0 Å². The maximum Gasteiger partial charge on any atom is 0.315 e. The number of anilines is 1. The lowest BCUT2D eigenvalue weighted by atomic mass is 10.0. The first kappa shape index (κ1) is 20.5. The van der Waals surface area contributed by atoms with Gasteiger partial charge in [0.2, 0.25) is 5.91 Å². The lowest BCUT2D eigenvalue weighted by Crippen LogP contribution is -2.36. The third-order valence-electron chi connectivity index (χ3n) is 5.32. The van der Waals surface area contributed by atoms with E-state index in [1.165, 1.54) is 5.56 Å². The summed E-state index contributed by atoms with van der Waals surface area (Å²) in [6.07, 6.45) is 6.92. The molecule has 0 saturated carbocycles. The van der Waals surface area contributed by atoms with Gasteiger partial charge in [-0.05, 0) is 49.8 Å². The van der Waals surface area contributed by atoms with E-state index in [4.69, 9.17) is 5.26 Å². The molecule has 2 heterocycles. The molecule has 0 aliphatic carbocycles. The lowest BCUT2D eigenvalue weighted by Gasteiger charge is -2.16. The summed E-state index contributed by atoms with van der Waals surface area (Å²) >= 11 is 1.91. The topological polar surface area (TPSA) is 94.0 Å². The molecule has 1 aromatic carbocycles. The summed E-state index contributed by atoms with van der Waals surface area (Å²) in [4.78, 5) is 23.5. The Hall–Kier alpha value is -2.20. The predicted octanol–water partition coefficient (Wildman–Crippen LogP) is 3.59. The fourth-order valence-corrected chi connectivity index (χ4v) is 5.33. The van der Waals surface area contributed by atoms with Crippen molar-refractivity contribution in [2.75, 3.05) is 11.1 Å². The van der Waals surface area contributed by atoms with Gasteiger partial charge >= 0.3 is 6.03 Å². The number of nitrogens with zero attached hydrogens (tertiary/aromatic N) is 1. The second-order valence-electron chi connectivity index (χ2n) is 7.48. The summed E-state index contributed by atoms with van der Waals surface area (Å²) < 4.78 is 0. The van der Waals surface area contributed by atoms with Gasteiger partial charge < -0.3 is 16.0 Å². The molecule has 6 nitrogen and oxygen atoms in total. The highest BCUT2D eigenvalue weighted by Gasteiger charge is 2.42. The van der Waals surface area contributed by atoms with Gasteiger partial charge in [0.25, 0.3) is 0 Å². The normalized spacial score (nSPS) is 22.8. The highest BCUT2D eigenvalue weighted by Crippen LogP contribution is 2.33. The quantitative estimate of drug-likeness (QED) is 0.413. The summed E-state index contributed by atoms with van der Waals surface area (Å²) in [6, 6.07) is 10.6. The summed E-state index contributed by atoms with van der Waals surface area (Å²) in [5, 5.41) is 17.9. The number of hydrogen-bond donors (Lipinski definition) is 3. The van der Waals surface area contributed by atoms with Crippen molar-refractivity contribution >= 4 is 29.4 Å². The highest BCUT2D eigenvalue weighted by atomic mass is 32.2. The van der Waals surface area contributed by atoms with Gasteiger partial charge in [-0.2, -0.15) is 17.0 Å². The maximum atomic E-state index is 12.1. The van der Waals surface area contributed by atoms with Crippen LogP contribution in [0, 0.1) is 11.3 Å². The number of benzene rings is 1. The number of hydrogen-bond acceptors (Lipinski definition) is 4. The SMILES string of the molecule is N#CCCCCc1ccc(NC(=O)CCCC[C@@H]2SC[C@@H]3NC(=O)N[C@@H]32)cc1. The minimum atomic E-state index is -0.0483. The molecule has 0 radical (unpaired) electrons. The van der Waals surface area contributed by atoms with Crippen molar-refractivity contribution in [1.29, 1.82) is 5.26 Å². The second kappa shape index (κ2) is 10.4. The number of urea groups is 1. The first-order valence-corrected chi connectivity index (χ1v) is 11.1. The molecule has 3 amide bonds. The Morgan fingerprint density at radius 3 is 2.79 bits per heavy atom. The third kappa shape index (κ3) is 5.90. The number of fused-ring (bicyclic) bond motifs is 1. The van der Waals surface area contributed by atoms with Crippen molar-refractivity contribution in [3.05, 3.63) is 29.8 Å². The zero-order valence-electron chi connectivity index (χ0n) is 16.1. The molecule has 3 rings (SSSR count). The molecular weight excluding hydrogens is 372 g/mol. The number of nitriles is 1. The van der Waals surface area contributed by atoms with Crippen LogP contribution in [0.5, 0.6) is 0 Å². The molecule has 2 aliphatic rings. The van der Waals surface area contributed by atoms with E-state index >= 15 is 0 Å². The zero-order valence-corrected chi connectivity index (χ0v) is 16.9. The van der Waals surface area contributed by atoms with Crippen LogP contribution in [0.2, 0.25) is 0 Å². The Balaban J connectivity index is 1.30. The van der Waals surface area contributed by atoms with Crippen LogP contribution in [0.15, 0.2) is 24.3 Å². The number of carbonyl (C=O) groups excluding carboxylic acids is 2. The van der Waals surface area contributed by atoms with Gasteiger partial charge in [0.05, 0.1) is 18.2 Å². The first-order valence-electron chi connectivity index (χ1n) is 10.1. The van der Waals surface area contributed by atoms with Crippen LogP contribution in [0.4, 0.5) is 10.5 Å². The summed E-state index contributed by atoms with van der Waals surface area (Å²) in [6.45, 7) is 0. The van der Waals surface area contributed by atoms with Crippen molar-refractivity contribution in [3.8, 4) is 6.07 Å². The van der Waals surface area contributed by atoms with E-state index in [9.17, 15) is 9.59 Å². The van der Waals surface area contributed by atoms with Crippen molar-refractivity contribution in [3.63, 3.8) is 0 Å². The standard InChI is InChI=1S/C21H28N4O2S/c22-13-5-1-2-6-15-9-11-16(12-10-15)23-19(26)8-4-3-7-18-20-17(14-28-18)24-21(27)25-20/h9-12,17-18,20H,1-8,14H2,(H,23,26)(H2,24,25,27)/t17-,18-,20-/m0/s1. The van der Waals surface area contributed by atoms with Crippen LogP contribution in [0.25, 0.3) is 0 Å². The van der Waals surface area contributed by atoms with Crippen LogP contribution >= 0.6 is 11.8 Å². The van der Waals surface area contributed by atoms with Gasteiger partial charge in [0.15, 0.2) is 0 Å². The van der Waals surface area contributed by atoms with Gasteiger partial charge in [-0.1, -0.05) is 18.6 Å². The van der Waals surface area contributed by atoms with Gasteiger partial charge in [0.1, 0.15) is 0 Å². The molecule has 0 unspecified atom stereocenters. The van der Waals surface area contributed by atoms with E-state index in [1.807, 2.05) is 36.0 Å². The maximum absolute atomic E-state index is 12.1. The first-order chi connectivity index (χ1) is 13.7. The van der Waals surface area contributed by atoms with E-state index < -0.39 is 0 Å². The third-order valence-corrected chi connectivity index (χ3v) is 6.83. The molecule has 2 fully saturated rings. The minimum absolute atomic E-state index is 0.0483. The van der Waals surface area contributed by atoms with Gasteiger partial charge in [-0.15, -0.1) is 0 Å². The van der Waals surface area contributed by atoms with Crippen LogP contribution in [0.1, 0.15) is 50.5 Å². The van der Waals surface area contributed by atoms with Crippen LogP contribution in [0.3, 0.4) is 0 Å². The largest absolute Gasteiger partial charge is 0.332 e. The number of carbonyl (C=O) groups is 2. The average molecular weight is 401 g/mol.